The lowest BCUT2D eigenvalue weighted by atomic mass is 10.1. The number of carbonyl (C=O) groups is 4. The molecule has 0 aliphatic carbocycles. The van der Waals surface area contributed by atoms with Gasteiger partial charge in [-0.1, -0.05) is 28.1 Å². The average molecular weight is 719 g/mol. The number of ether oxygens (including phenoxy) is 1. The highest BCUT2D eigenvalue weighted by Crippen LogP contribution is 2.32. The number of carbonyl (C=O) groups excluding carboxylic acids is 4. The molecule has 0 spiro atoms. The number of hydrogen-bond acceptors (Lipinski definition) is 7. The molecule has 3 heterocycles. The van der Waals surface area contributed by atoms with Crippen LogP contribution in [0, 0.1) is 0 Å². The maximum atomic E-state index is 14.0. The molecule has 3 aliphatic rings. The number of halogens is 1. The fourth-order valence-electron chi connectivity index (χ4n) is 6.24. The van der Waals surface area contributed by atoms with Crippen molar-refractivity contribution in [2.75, 3.05) is 30.3 Å². The van der Waals surface area contributed by atoms with Gasteiger partial charge in [0.1, 0.15) is 28.6 Å². The first-order chi connectivity index (χ1) is 21.8. The average Bonchev–Trinajstić information content (AvgIpc) is 3.78. The van der Waals surface area contributed by atoms with Crippen LogP contribution in [0.5, 0.6) is 0 Å². The van der Waals surface area contributed by atoms with E-state index in [9.17, 15) is 27.6 Å². The highest BCUT2D eigenvalue weighted by Gasteiger charge is 2.44. The van der Waals surface area contributed by atoms with Gasteiger partial charge in [-0.25, -0.2) is 13.2 Å². The van der Waals surface area contributed by atoms with Gasteiger partial charge in [0.25, 0.3) is 0 Å². The Morgan fingerprint density at radius 1 is 0.783 bits per heavy atom. The van der Waals surface area contributed by atoms with Crippen molar-refractivity contribution < 1.29 is 32.3 Å². The van der Waals surface area contributed by atoms with Crippen LogP contribution in [-0.4, -0.2) is 89.7 Å². The van der Waals surface area contributed by atoms with Gasteiger partial charge in [-0.15, -0.1) is 0 Å². The number of anilines is 2. The zero-order chi connectivity index (χ0) is 33.2. The molecule has 14 heteroatoms. The second kappa shape index (κ2) is 13.7. The van der Waals surface area contributed by atoms with Gasteiger partial charge < -0.3 is 20.3 Å². The van der Waals surface area contributed by atoms with Crippen molar-refractivity contribution >= 4 is 61.1 Å². The monoisotopic (exact) mass is 717 g/mol. The Balaban J connectivity index is 1.30. The van der Waals surface area contributed by atoms with E-state index in [1.807, 2.05) is 0 Å². The number of amides is 4. The zero-order valence-electron chi connectivity index (χ0n) is 26.2. The molecule has 2 aromatic rings. The third-order valence-electron chi connectivity index (χ3n) is 8.35. The minimum atomic E-state index is -4.19. The number of nitrogens with one attached hydrogen (secondary N) is 2. The standard InChI is InChI=1S/C32H40BrN5O7S/c1-32(2,3)45-31(42)37-19-7-12-26(37)30(41)36-18-6-10-24(36)28(39)35-23-9-4-5-13-27(23)46(43,44)38-20-8-11-25(38)29(40)34-22-16-14-21(33)15-17-22/h4-5,9,13-17,24-26H,6-8,10-12,18-20H2,1-3H3,(H,34,40)(H,35,39)/t24-,25-,26-/m0/s1. The van der Waals surface area contributed by atoms with Crippen LogP contribution < -0.4 is 10.6 Å². The van der Waals surface area contributed by atoms with E-state index in [-0.39, 0.29) is 23.0 Å². The van der Waals surface area contributed by atoms with Gasteiger partial charge in [0, 0.05) is 29.8 Å². The molecular formula is C32H40BrN5O7S. The molecule has 2 aromatic carbocycles. The van der Waals surface area contributed by atoms with Crippen molar-refractivity contribution in [1.29, 1.82) is 0 Å². The van der Waals surface area contributed by atoms with Gasteiger partial charge in [0.05, 0.1) is 5.69 Å². The Labute approximate surface area is 278 Å². The smallest absolute Gasteiger partial charge is 0.410 e. The van der Waals surface area contributed by atoms with Crippen LogP contribution >= 0.6 is 15.9 Å². The van der Waals surface area contributed by atoms with Gasteiger partial charge in [-0.05, 0) is 95.7 Å². The van der Waals surface area contributed by atoms with Crippen LogP contribution in [0.1, 0.15) is 59.3 Å². The number of para-hydroxylation sites is 1. The second-order valence-corrected chi connectivity index (χ2v) is 15.6. The fourth-order valence-corrected chi connectivity index (χ4v) is 8.31. The Morgan fingerprint density at radius 2 is 1.37 bits per heavy atom. The molecule has 4 amide bonds. The van der Waals surface area contributed by atoms with Crippen LogP contribution in [-0.2, 0) is 29.1 Å². The van der Waals surface area contributed by atoms with E-state index in [2.05, 4.69) is 26.6 Å². The summed E-state index contributed by atoms with van der Waals surface area (Å²) in [5, 5.41) is 5.57. The molecule has 5 rings (SSSR count). The third-order valence-corrected chi connectivity index (χ3v) is 10.8. The highest BCUT2D eigenvalue weighted by atomic mass is 79.9. The molecule has 248 valence electrons. The first kappa shape index (κ1) is 33.9. The predicted molar refractivity (Wildman–Crippen MR) is 175 cm³/mol. The fraction of sp³-hybridized carbons (Fsp3) is 0.500. The molecule has 3 aliphatic heterocycles. The van der Waals surface area contributed by atoms with Crippen LogP contribution in [0.2, 0.25) is 0 Å². The Hall–Kier alpha value is -3.49. The molecule has 3 atom stereocenters. The molecule has 0 unspecified atom stereocenters. The van der Waals surface area contributed by atoms with Gasteiger partial charge in [0.2, 0.25) is 27.7 Å². The molecule has 2 N–H and O–H groups in total. The van der Waals surface area contributed by atoms with Gasteiger partial charge in [-0.2, -0.15) is 4.31 Å². The van der Waals surface area contributed by atoms with E-state index in [4.69, 9.17) is 4.74 Å². The third kappa shape index (κ3) is 7.39. The van der Waals surface area contributed by atoms with Crippen molar-refractivity contribution in [2.45, 2.75) is 87.9 Å². The first-order valence-corrected chi connectivity index (χ1v) is 17.8. The molecule has 0 aromatic heterocycles. The zero-order valence-corrected chi connectivity index (χ0v) is 28.6. The van der Waals surface area contributed by atoms with Crippen LogP contribution in [0.15, 0.2) is 57.9 Å². The Morgan fingerprint density at radius 3 is 2.07 bits per heavy atom. The summed E-state index contributed by atoms with van der Waals surface area (Å²) in [5.41, 5.74) is -0.0928. The summed E-state index contributed by atoms with van der Waals surface area (Å²) in [6.45, 7) is 6.18. The van der Waals surface area contributed by atoms with E-state index in [1.54, 1.807) is 57.2 Å². The van der Waals surface area contributed by atoms with Gasteiger partial charge in [0.15, 0.2) is 0 Å². The Kier molecular flexibility index (Phi) is 10.1. The number of nitrogens with zero attached hydrogens (tertiary/aromatic N) is 3. The summed E-state index contributed by atoms with van der Waals surface area (Å²) in [7, 11) is -4.19. The van der Waals surface area contributed by atoms with Crippen LogP contribution in [0.25, 0.3) is 0 Å². The summed E-state index contributed by atoms with van der Waals surface area (Å²) in [6, 6.07) is 10.6. The molecule has 12 nitrogen and oxygen atoms in total. The minimum absolute atomic E-state index is 0.0713. The summed E-state index contributed by atoms with van der Waals surface area (Å²) in [6.07, 6.45) is 2.40. The lowest BCUT2D eigenvalue weighted by molar-refractivity contribution is -0.140. The van der Waals surface area contributed by atoms with Crippen molar-refractivity contribution in [3.8, 4) is 0 Å². The molecule has 46 heavy (non-hydrogen) atoms. The molecular weight excluding hydrogens is 678 g/mol. The normalized spacial score (nSPS) is 22.1. The van der Waals surface area contributed by atoms with Gasteiger partial charge >= 0.3 is 6.09 Å². The summed E-state index contributed by atoms with van der Waals surface area (Å²) < 4.78 is 35.5. The summed E-state index contributed by atoms with van der Waals surface area (Å²) in [4.78, 5) is 56.2. The molecule has 3 fully saturated rings. The lowest BCUT2D eigenvalue weighted by Crippen LogP contribution is -2.52. The second-order valence-electron chi connectivity index (χ2n) is 12.8. The van der Waals surface area contributed by atoms with Crippen LogP contribution in [0.3, 0.4) is 0 Å². The number of rotatable bonds is 7. The largest absolute Gasteiger partial charge is 0.444 e. The quantitative estimate of drug-likeness (QED) is 0.427. The van der Waals surface area contributed by atoms with E-state index in [1.165, 1.54) is 26.2 Å². The first-order valence-electron chi connectivity index (χ1n) is 15.5. The summed E-state index contributed by atoms with van der Waals surface area (Å²) >= 11 is 3.36. The number of benzene rings is 2. The topological polar surface area (TPSA) is 145 Å². The van der Waals surface area contributed by atoms with Crippen molar-refractivity contribution in [2.24, 2.45) is 0 Å². The SMILES string of the molecule is CC(C)(C)OC(=O)N1CCC[C@H]1C(=O)N1CCC[C@H]1C(=O)Nc1ccccc1S(=O)(=O)N1CCC[C@H]1C(=O)Nc1ccc(Br)cc1. The van der Waals surface area contributed by atoms with Gasteiger partial charge in [-0.3, -0.25) is 19.3 Å². The molecule has 0 saturated carbocycles. The highest BCUT2D eigenvalue weighted by molar-refractivity contribution is 9.10. The van der Waals surface area contributed by atoms with E-state index in [0.717, 1.165) is 4.47 Å². The predicted octanol–water partition coefficient (Wildman–Crippen LogP) is 4.57. The molecule has 3 saturated heterocycles. The minimum Gasteiger partial charge on any atom is -0.444 e. The lowest BCUT2D eigenvalue weighted by Gasteiger charge is -2.32. The van der Waals surface area contributed by atoms with E-state index in [0.29, 0.717) is 57.3 Å². The van der Waals surface area contributed by atoms with Crippen molar-refractivity contribution in [3.05, 3.63) is 53.0 Å². The maximum absolute atomic E-state index is 14.0. The number of sulfonamides is 1. The Bertz CT molecular complexity index is 1590. The molecule has 0 radical (unpaired) electrons. The summed E-state index contributed by atoms with van der Waals surface area (Å²) in [5.74, 6) is -1.27. The van der Waals surface area contributed by atoms with E-state index < -0.39 is 51.7 Å². The van der Waals surface area contributed by atoms with Crippen LogP contribution in [0.4, 0.5) is 16.2 Å². The number of hydrogen-bond donors (Lipinski definition) is 2. The molecule has 0 bridgehead atoms. The van der Waals surface area contributed by atoms with E-state index >= 15 is 0 Å². The van der Waals surface area contributed by atoms with Crippen molar-refractivity contribution in [1.82, 2.24) is 14.1 Å². The maximum Gasteiger partial charge on any atom is 0.410 e. The van der Waals surface area contributed by atoms with Crippen molar-refractivity contribution in [3.63, 3.8) is 0 Å². The number of likely N-dealkylation sites (tertiary alicyclic amines) is 2.